The summed E-state index contributed by atoms with van der Waals surface area (Å²) in [6.45, 7) is 0.491. The average molecular weight is 248 g/mol. The fourth-order valence-electron chi connectivity index (χ4n) is 1.41. The van der Waals surface area contributed by atoms with Crippen molar-refractivity contribution in [3.05, 3.63) is 30.1 Å². The molecule has 1 aromatic rings. The average Bonchev–Trinajstić information content (AvgIpc) is 2.29. The number of hydrogen-bond donors (Lipinski definition) is 1. The van der Waals surface area contributed by atoms with Gasteiger partial charge in [0.05, 0.1) is 6.10 Å². The van der Waals surface area contributed by atoms with Crippen LogP contribution in [0.2, 0.25) is 0 Å². The molecule has 0 radical (unpaired) electrons. The molecule has 1 rings (SSSR count). The van der Waals surface area contributed by atoms with E-state index in [-0.39, 0.29) is 0 Å². The number of hydrogen-bond acceptors (Lipinski definition) is 3. The monoisotopic (exact) mass is 248 g/mol. The number of ether oxygens (including phenoxy) is 1. The van der Waals surface area contributed by atoms with E-state index < -0.39 is 24.9 Å². The van der Waals surface area contributed by atoms with Gasteiger partial charge in [-0.15, -0.1) is 0 Å². The van der Waals surface area contributed by atoms with Crippen LogP contribution >= 0.6 is 0 Å². The van der Waals surface area contributed by atoms with E-state index in [1.54, 1.807) is 25.3 Å². The Labute approximate surface area is 97.8 Å². The summed E-state index contributed by atoms with van der Waals surface area (Å²) in [5, 5.41) is 0. The lowest BCUT2D eigenvalue weighted by Gasteiger charge is -2.24. The van der Waals surface area contributed by atoms with Crippen molar-refractivity contribution in [2.45, 2.75) is 31.7 Å². The molecule has 2 N–H and O–H groups in total. The second-order valence-electron chi connectivity index (χ2n) is 3.71. The van der Waals surface area contributed by atoms with Crippen LogP contribution in [0.5, 0.6) is 0 Å². The quantitative estimate of drug-likeness (QED) is 0.870. The van der Waals surface area contributed by atoms with Crippen molar-refractivity contribution in [3.8, 4) is 0 Å². The van der Waals surface area contributed by atoms with E-state index in [1.165, 1.54) is 6.20 Å². The lowest BCUT2D eigenvalue weighted by atomic mass is 10.0. The molecule has 96 valence electrons. The van der Waals surface area contributed by atoms with Crippen molar-refractivity contribution >= 4 is 0 Å². The molecular formula is C11H15F3N2O. The Bertz CT molecular complexity index is 329. The van der Waals surface area contributed by atoms with Gasteiger partial charge >= 0.3 is 6.18 Å². The predicted molar refractivity (Wildman–Crippen MR) is 57.3 cm³/mol. The summed E-state index contributed by atoms with van der Waals surface area (Å²) < 4.78 is 41.2. The smallest absolute Gasteiger partial charge is 0.362 e. The molecule has 0 aromatic carbocycles. The number of aromatic nitrogens is 1. The van der Waals surface area contributed by atoms with Crippen LogP contribution in [0, 0.1) is 0 Å². The Kier molecular flexibility index (Phi) is 4.89. The summed E-state index contributed by atoms with van der Waals surface area (Å²) in [7, 11) is 0. The first kappa shape index (κ1) is 13.9. The Hall–Kier alpha value is -1.14. The van der Waals surface area contributed by atoms with E-state index in [1.807, 2.05) is 0 Å². The normalized spacial score (nSPS) is 15.6. The molecule has 0 amide bonds. The van der Waals surface area contributed by atoms with Crippen molar-refractivity contribution in [2.75, 3.05) is 6.61 Å². The summed E-state index contributed by atoms with van der Waals surface area (Å²) in [5.74, 6) is 0. The van der Waals surface area contributed by atoms with E-state index in [0.29, 0.717) is 12.0 Å². The highest BCUT2D eigenvalue weighted by atomic mass is 19.4. The van der Waals surface area contributed by atoms with Gasteiger partial charge in [-0.05, 0) is 12.5 Å². The van der Waals surface area contributed by atoms with Crippen LogP contribution in [0.15, 0.2) is 24.5 Å². The molecule has 6 heteroatoms. The standard InChI is InChI=1S/C11H15F3N2O/c1-2-9(15)10(17-7-11(12,13)14)8-4-3-5-16-6-8/h3-6,9-10H,2,7,15H2,1H3. The van der Waals surface area contributed by atoms with Crippen LogP contribution in [0.25, 0.3) is 0 Å². The molecule has 17 heavy (non-hydrogen) atoms. The fraction of sp³-hybridized carbons (Fsp3) is 0.545. The maximum Gasteiger partial charge on any atom is 0.411 e. The van der Waals surface area contributed by atoms with Crippen LogP contribution in [0.3, 0.4) is 0 Å². The summed E-state index contributed by atoms with van der Waals surface area (Å²) in [5.41, 5.74) is 6.32. The zero-order valence-electron chi connectivity index (χ0n) is 9.45. The number of rotatable bonds is 5. The largest absolute Gasteiger partial charge is 0.411 e. The second-order valence-corrected chi connectivity index (χ2v) is 3.71. The first-order valence-electron chi connectivity index (χ1n) is 5.28. The van der Waals surface area contributed by atoms with Crippen LogP contribution in [-0.2, 0) is 4.74 Å². The minimum atomic E-state index is -4.35. The van der Waals surface area contributed by atoms with E-state index in [0.717, 1.165) is 0 Å². The number of alkyl halides is 3. The topological polar surface area (TPSA) is 48.1 Å². The molecule has 2 atom stereocenters. The second kappa shape index (κ2) is 5.97. The predicted octanol–water partition coefficient (Wildman–Crippen LogP) is 2.44. The first-order valence-corrected chi connectivity index (χ1v) is 5.28. The molecule has 3 nitrogen and oxygen atoms in total. The maximum atomic E-state index is 12.1. The third-order valence-corrected chi connectivity index (χ3v) is 2.30. The molecule has 2 unspecified atom stereocenters. The maximum absolute atomic E-state index is 12.1. The molecule has 0 saturated carbocycles. The van der Waals surface area contributed by atoms with Crippen LogP contribution in [0.4, 0.5) is 13.2 Å². The van der Waals surface area contributed by atoms with Crippen molar-refractivity contribution in [1.82, 2.24) is 4.98 Å². The Morgan fingerprint density at radius 1 is 1.47 bits per heavy atom. The van der Waals surface area contributed by atoms with Gasteiger partial charge in [-0.1, -0.05) is 13.0 Å². The molecule has 1 heterocycles. The number of nitrogens with zero attached hydrogens (tertiary/aromatic N) is 1. The number of nitrogens with two attached hydrogens (primary N) is 1. The Morgan fingerprint density at radius 3 is 2.65 bits per heavy atom. The lowest BCUT2D eigenvalue weighted by molar-refractivity contribution is -0.188. The van der Waals surface area contributed by atoms with Gasteiger partial charge in [0.2, 0.25) is 0 Å². The third-order valence-electron chi connectivity index (χ3n) is 2.30. The van der Waals surface area contributed by atoms with E-state index in [4.69, 9.17) is 10.5 Å². The lowest BCUT2D eigenvalue weighted by Crippen LogP contribution is -2.32. The van der Waals surface area contributed by atoms with Crippen LogP contribution in [-0.4, -0.2) is 23.8 Å². The highest BCUT2D eigenvalue weighted by molar-refractivity contribution is 5.14. The van der Waals surface area contributed by atoms with Crippen LogP contribution < -0.4 is 5.73 Å². The highest BCUT2D eigenvalue weighted by Crippen LogP contribution is 2.25. The molecule has 0 fully saturated rings. The van der Waals surface area contributed by atoms with Gasteiger partial charge in [0.15, 0.2) is 0 Å². The Balaban J connectivity index is 2.75. The molecule has 0 saturated heterocycles. The van der Waals surface area contributed by atoms with Crippen molar-refractivity contribution in [3.63, 3.8) is 0 Å². The molecule has 0 spiro atoms. The van der Waals surface area contributed by atoms with Crippen molar-refractivity contribution in [2.24, 2.45) is 5.73 Å². The third kappa shape index (κ3) is 4.70. The van der Waals surface area contributed by atoms with Gasteiger partial charge in [-0.2, -0.15) is 13.2 Å². The molecular weight excluding hydrogens is 233 g/mol. The summed E-state index contributed by atoms with van der Waals surface area (Å²) in [6.07, 6.45) is -1.60. The minimum absolute atomic E-state index is 0.485. The minimum Gasteiger partial charge on any atom is -0.362 e. The molecule has 0 bridgehead atoms. The van der Waals surface area contributed by atoms with E-state index in [9.17, 15) is 13.2 Å². The van der Waals surface area contributed by atoms with Crippen molar-refractivity contribution in [1.29, 1.82) is 0 Å². The van der Waals surface area contributed by atoms with Gasteiger partial charge < -0.3 is 10.5 Å². The number of halogens is 3. The molecule has 0 aliphatic heterocycles. The zero-order valence-corrected chi connectivity index (χ0v) is 9.45. The fourth-order valence-corrected chi connectivity index (χ4v) is 1.41. The van der Waals surface area contributed by atoms with Gasteiger partial charge in [-0.25, -0.2) is 0 Å². The van der Waals surface area contributed by atoms with E-state index >= 15 is 0 Å². The van der Waals surface area contributed by atoms with Crippen LogP contribution in [0.1, 0.15) is 25.0 Å². The summed E-state index contributed by atoms with van der Waals surface area (Å²) in [4.78, 5) is 3.85. The number of pyridine rings is 1. The summed E-state index contributed by atoms with van der Waals surface area (Å²) >= 11 is 0. The first-order chi connectivity index (χ1) is 7.94. The Morgan fingerprint density at radius 2 is 2.18 bits per heavy atom. The van der Waals surface area contributed by atoms with Gasteiger partial charge in [0.25, 0.3) is 0 Å². The SMILES string of the molecule is CCC(N)C(OCC(F)(F)F)c1cccnc1. The van der Waals surface area contributed by atoms with E-state index in [2.05, 4.69) is 4.98 Å². The zero-order chi connectivity index (χ0) is 12.9. The van der Waals surface area contributed by atoms with Gasteiger partial charge in [0, 0.05) is 24.0 Å². The van der Waals surface area contributed by atoms with Gasteiger partial charge in [0.1, 0.15) is 6.61 Å². The molecule has 1 aromatic heterocycles. The summed E-state index contributed by atoms with van der Waals surface area (Å²) in [6, 6.07) is 2.81. The highest BCUT2D eigenvalue weighted by Gasteiger charge is 2.31. The van der Waals surface area contributed by atoms with Gasteiger partial charge in [-0.3, -0.25) is 4.98 Å². The van der Waals surface area contributed by atoms with Crippen molar-refractivity contribution < 1.29 is 17.9 Å². The molecule has 0 aliphatic rings. The molecule has 0 aliphatic carbocycles.